The molecule has 2 aromatic heterocycles. The first-order valence-electron chi connectivity index (χ1n) is 43.0. The number of unbranched alkanes of at least 4 members (excludes halogenated alkanes) is 28. The maximum Gasteiger partial charge on any atom is 0.113 e. The molecule has 0 atom stereocenters. The number of rotatable bonds is 49. The van der Waals surface area contributed by atoms with Crippen molar-refractivity contribution in [3.63, 3.8) is 0 Å². The molecule has 0 saturated carbocycles. The average molecular weight is 1630 g/mol. The minimum absolute atomic E-state index is 0.633. The van der Waals surface area contributed by atoms with Gasteiger partial charge in [0, 0.05) is 22.3 Å². The van der Waals surface area contributed by atoms with Gasteiger partial charge in [-0.2, -0.15) is 0 Å². The molecule has 0 unspecified atom stereocenters. The molecule has 0 radical (unpaired) electrons. The molecule has 0 spiro atoms. The first-order chi connectivity index (χ1) is 55.4. The van der Waals surface area contributed by atoms with E-state index in [2.05, 4.69) is 292 Å². The summed E-state index contributed by atoms with van der Waals surface area (Å²) in [7, 11) is 0. The molecule has 586 valence electrons. The summed E-state index contributed by atoms with van der Waals surface area (Å²) < 4.78 is 12.9. The van der Waals surface area contributed by atoms with Crippen molar-refractivity contribution in [1.29, 1.82) is 0 Å². The molecule has 14 heteroatoms. The van der Waals surface area contributed by atoms with Crippen LogP contribution < -0.4 is 0 Å². The van der Waals surface area contributed by atoms with Crippen LogP contribution in [0.15, 0.2) is 196 Å². The lowest BCUT2D eigenvalue weighted by atomic mass is 9.92. The molecule has 0 N–H and O–H groups in total. The Kier molecular flexibility index (Phi) is 32.2. The molecule has 14 rings (SSSR count). The summed E-state index contributed by atoms with van der Waals surface area (Å²) in [6.45, 7) is 10.6. The molecule has 112 heavy (non-hydrogen) atoms. The van der Waals surface area contributed by atoms with E-state index in [1.54, 1.807) is 0 Å². The summed E-state index contributed by atoms with van der Waals surface area (Å²) in [6.07, 6.45) is 47.0. The van der Waals surface area contributed by atoms with Crippen LogP contribution in [-0.4, -0.2) is 53.0 Å². The van der Waals surface area contributed by atoms with Gasteiger partial charge in [-0.05, 0) is 136 Å². The molecule has 10 aromatic carbocycles. The van der Waals surface area contributed by atoms with E-state index in [0.717, 1.165) is 45.5 Å². The molecule has 0 fully saturated rings. The van der Waals surface area contributed by atoms with Gasteiger partial charge < -0.3 is 0 Å². The van der Waals surface area contributed by atoms with Gasteiger partial charge >= 0.3 is 0 Å². The number of hydrogen-bond acceptors (Lipinski definition) is 12. The number of benzene rings is 10. The molecule has 6 nitrogen and oxygen atoms in total. The lowest BCUT2D eigenvalue weighted by molar-refractivity contribution is 0.586. The summed E-state index contributed by atoms with van der Waals surface area (Å²) in [4.78, 5) is 0. The SMILES string of the molecule is CCCCCCCCCCSC1=C(SCCCCCCCCCC)SC(=C(C(=C2SC(SCCCCCCCCCC)=C(SCCCCCCCCCC)S2)c2ccc(-c3cn(Cc4ccc5ccc6cccc7ccc4c5c67)nn3)cc2)c2ccc(-c3cn(Cc4ccc5ccc6cccc7ccc4c5c67)nn3)cc2)S1. The third-order valence-corrected chi connectivity index (χ3v) is 34.0. The van der Waals surface area contributed by atoms with Crippen molar-refractivity contribution in [2.24, 2.45) is 0 Å². The lowest BCUT2D eigenvalue weighted by Crippen LogP contribution is -2.01. The number of allylic oxidation sites excluding steroid dienone is 2. The zero-order chi connectivity index (χ0) is 76.5. The Labute approximate surface area is 703 Å². The number of thioether (sulfide) groups is 8. The van der Waals surface area contributed by atoms with Crippen molar-refractivity contribution in [3.8, 4) is 22.5 Å². The molecule has 0 aliphatic carbocycles. The van der Waals surface area contributed by atoms with E-state index in [1.807, 2.05) is 9.36 Å². The highest BCUT2D eigenvalue weighted by atomic mass is 32.3. The summed E-state index contributed by atoms with van der Waals surface area (Å²) in [5, 5.41) is 35.2. The molecule has 12 aromatic rings. The highest BCUT2D eigenvalue weighted by Crippen LogP contribution is 2.65. The molecule has 0 saturated heterocycles. The Balaban J connectivity index is 0.818. The van der Waals surface area contributed by atoms with Crippen molar-refractivity contribution < 1.29 is 0 Å². The Bertz CT molecular complexity index is 4680. The minimum Gasteiger partial charge on any atom is -0.247 e. The second-order valence-electron chi connectivity index (χ2n) is 31.1. The molecular formula is C98H116N6S8. The Morgan fingerprint density at radius 1 is 0.286 bits per heavy atom. The maximum atomic E-state index is 4.94. The van der Waals surface area contributed by atoms with E-state index in [1.165, 1.54) is 329 Å². The lowest BCUT2D eigenvalue weighted by Gasteiger charge is -2.19. The highest BCUT2D eigenvalue weighted by Gasteiger charge is 2.33. The second kappa shape index (κ2) is 43.5. The summed E-state index contributed by atoms with van der Waals surface area (Å²) >= 11 is 16.8. The summed E-state index contributed by atoms with van der Waals surface area (Å²) in [5.41, 5.74) is 11.5. The van der Waals surface area contributed by atoms with Crippen molar-refractivity contribution in [1.82, 2.24) is 30.0 Å². The minimum atomic E-state index is 0.633. The fourth-order valence-electron chi connectivity index (χ4n) is 16.3. The van der Waals surface area contributed by atoms with Crippen LogP contribution >= 0.6 is 94.1 Å². The average Bonchev–Trinajstić information content (AvgIpc) is 0.994. The Hall–Kier alpha value is -5.68. The van der Waals surface area contributed by atoms with Crippen LogP contribution in [-0.2, 0) is 13.1 Å². The Morgan fingerprint density at radius 3 is 0.857 bits per heavy atom. The fraction of sp³-hybridized carbons (Fsp3) is 0.429. The highest BCUT2D eigenvalue weighted by molar-refractivity contribution is 8.41. The first-order valence-corrected chi connectivity index (χ1v) is 50.2. The van der Waals surface area contributed by atoms with Gasteiger partial charge in [0.25, 0.3) is 0 Å². The zero-order valence-corrected chi connectivity index (χ0v) is 73.5. The molecule has 2 aliphatic heterocycles. The smallest absolute Gasteiger partial charge is 0.113 e. The first kappa shape index (κ1) is 82.8. The van der Waals surface area contributed by atoms with Crippen LogP contribution in [0.5, 0.6) is 0 Å². The van der Waals surface area contributed by atoms with Gasteiger partial charge in [-0.25, -0.2) is 9.36 Å². The van der Waals surface area contributed by atoms with Crippen LogP contribution in [0.1, 0.15) is 255 Å². The normalized spacial score (nSPS) is 13.5. The van der Waals surface area contributed by atoms with E-state index in [-0.39, 0.29) is 0 Å². The predicted octanol–water partition coefficient (Wildman–Crippen LogP) is 32.8. The van der Waals surface area contributed by atoms with E-state index < -0.39 is 0 Å². The van der Waals surface area contributed by atoms with E-state index >= 15 is 0 Å². The van der Waals surface area contributed by atoms with Gasteiger partial charge in [-0.15, -0.1) is 57.2 Å². The van der Waals surface area contributed by atoms with E-state index in [0.29, 0.717) is 13.1 Å². The topological polar surface area (TPSA) is 61.4 Å². The standard InChI is InChI=1S/C98H116N6S8/c1-5-9-13-17-21-25-29-33-63-105-95-96(106-64-34-30-26-22-18-14-10-6-2)110-93(109-95)91(79-47-43-71(44-48-79)85-69-103(101-99-85)67-81-57-55-77-53-51-73-39-37-41-75-59-61-83(81)89(77)87(73)75)92(94-111-97(107-65-35-31-27-23-19-15-11-7-3)98(112-94)108-66-36-32-28-24-20-16-12-8-4)80-49-45-72(46-50-80)86-70-104(102-100-86)68-82-58-56-78-54-52-74-40-38-42-76-60-62-84(82)90(78)88(74)76/h37-62,69-70H,5-36,63-68H2,1-4H3. The van der Waals surface area contributed by atoms with Crippen LogP contribution in [0.2, 0.25) is 0 Å². The van der Waals surface area contributed by atoms with Gasteiger partial charge in [0.1, 0.15) is 11.4 Å². The quantitative estimate of drug-likeness (QED) is 0.0270. The zero-order valence-electron chi connectivity index (χ0n) is 67.0. The largest absolute Gasteiger partial charge is 0.247 e. The van der Waals surface area contributed by atoms with Crippen molar-refractivity contribution in [2.45, 2.75) is 246 Å². The van der Waals surface area contributed by atoms with Crippen molar-refractivity contribution in [3.05, 3.63) is 218 Å². The predicted molar refractivity (Wildman–Crippen MR) is 508 cm³/mol. The van der Waals surface area contributed by atoms with Crippen molar-refractivity contribution in [2.75, 3.05) is 23.0 Å². The molecular weight excluding hydrogens is 1520 g/mol. The number of nitrogens with zero attached hydrogens (tertiary/aromatic N) is 6. The van der Waals surface area contributed by atoms with Crippen LogP contribution in [0.3, 0.4) is 0 Å². The third kappa shape index (κ3) is 21.7. The number of aromatic nitrogens is 6. The van der Waals surface area contributed by atoms with E-state index in [4.69, 9.17) is 20.6 Å². The molecule has 0 amide bonds. The van der Waals surface area contributed by atoms with Gasteiger partial charge in [-0.1, -0.05) is 423 Å². The summed E-state index contributed by atoms with van der Waals surface area (Å²) in [6, 6.07) is 59.7. The molecule has 0 bridgehead atoms. The Morgan fingerprint density at radius 2 is 0.554 bits per heavy atom. The third-order valence-electron chi connectivity index (χ3n) is 22.6. The maximum absolute atomic E-state index is 4.94. The van der Waals surface area contributed by atoms with E-state index in [9.17, 15) is 0 Å². The van der Waals surface area contributed by atoms with Crippen LogP contribution in [0.25, 0.3) is 98.3 Å². The van der Waals surface area contributed by atoms with Crippen LogP contribution in [0, 0.1) is 0 Å². The fourth-order valence-corrected chi connectivity index (χ4v) is 28.5. The number of hydrogen-bond donors (Lipinski definition) is 0. The van der Waals surface area contributed by atoms with Gasteiger partial charge in [0.05, 0.1) is 50.9 Å². The summed E-state index contributed by atoms with van der Waals surface area (Å²) in [5.74, 6) is 4.62. The van der Waals surface area contributed by atoms with Gasteiger partial charge in [0.2, 0.25) is 0 Å². The van der Waals surface area contributed by atoms with Gasteiger partial charge in [-0.3, -0.25) is 0 Å². The van der Waals surface area contributed by atoms with Gasteiger partial charge in [0.15, 0.2) is 0 Å². The monoisotopic (exact) mass is 1630 g/mol. The van der Waals surface area contributed by atoms with Crippen LogP contribution in [0.4, 0.5) is 0 Å². The molecule has 4 heterocycles. The second-order valence-corrected chi connectivity index (χ2v) is 41.1. The molecule has 2 aliphatic rings. The van der Waals surface area contributed by atoms with Crippen molar-refractivity contribution >= 4 is 170 Å².